The van der Waals surface area contributed by atoms with Crippen LogP contribution in [0.25, 0.3) is 10.9 Å². The Hall–Kier alpha value is -0.990. The van der Waals surface area contributed by atoms with Gasteiger partial charge in [-0.1, -0.05) is 23.2 Å². The molecule has 0 aliphatic carbocycles. The number of halogens is 2. The van der Waals surface area contributed by atoms with E-state index in [0.717, 1.165) is 5.39 Å². The summed E-state index contributed by atoms with van der Waals surface area (Å²) in [5.41, 5.74) is 0.688. The maximum absolute atomic E-state index is 6.00. The zero-order chi connectivity index (χ0) is 10.1. The van der Waals surface area contributed by atoms with Crippen molar-refractivity contribution in [1.29, 1.82) is 0 Å². The number of ether oxygens (including phenoxy) is 1. The maximum atomic E-state index is 6.00. The van der Waals surface area contributed by atoms with E-state index in [1.54, 1.807) is 25.3 Å². The molecule has 72 valence electrons. The Kier molecular flexibility index (Phi) is 2.48. The minimum atomic E-state index is 0.429. The highest BCUT2D eigenvalue weighted by Gasteiger charge is 2.06. The Balaban J connectivity index is 2.85. The number of hydrogen-bond donors (Lipinski definition) is 0. The van der Waals surface area contributed by atoms with Crippen molar-refractivity contribution in [2.75, 3.05) is 7.11 Å². The van der Waals surface area contributed by atoms with Crippen LogP contribution in [-0.2, 0) is 0 Å². The quantitative estimate of drug-likeness (QED) is 0.696. The van der Waals surface area contributed by atoms with Crippen LogP contribution >= 0.6 is 23.2 Å². The standard InChI is InChI=1S/C10H7Cl2NO/c1-14-8-4-3-7(11)6-2-5-9(12)13-10(6)8/h2-5H,1H3. The van der Waals surface area contributed by atoms with Crippen LogP contribution in [0.5, 0.6) is 5.75 Å². The zero-order valence-corrected chi connectivity index (χ0v) is 8.93. The molecule has 0 bridgehead atoms. The Morgan fingerprint density at radius 2 is 1.93 bits per heavy atom. The second kappa shape index (κ2) is 3.64. The topological polar surface area (TPSA) is 22.1 Å². The summed E-state index contributed by atoms with van der Waals surface area (Å²) in [6, 6.07) is 7.08. The van der Waals surface area contributed by atoms with Crippen molar-refractivity contribution in [1.82, 2.24) is 4.98 Å². The highest BCUT2D eigenvalue weighted by molar-refractivity contribution is 6.36. The monoisotopic (exact) mass is 227 g/mol. The molecule has 2 nitrogen and oxygen atoms in total. The summed E-state index contributed by atoms with van der Waals surface area (Å²) < 4.78 is 5.16. The Labute approximate surface area is 91.4 Å². The van der Waals surface area contributed by atoms with Crippen molar-refractivity contribution in [2.24, 2.45) is 0 Å². The summed E-state index contributed by atoms with van der Waals surface area (Å²) in [5, 5.41) is 1.92. The van der Waals surface area contributed by atoms with Crippen LogP contribution < -0.4 is 4.74 Å². The molecule has 2 rings (SSSR count). The molecule has 2 aromatic rings. The van der Waals surface area contributed by atoms with Gasteiger partial charge >= 0.3 is 0 Å². The van der Waals surface area contributed by atoms with E-state index in [1.165, 1.54) is 0 Å². The normalized spacial score (nSPS) is 10.5. The molecule has 1 aromatic carbocycles. The zero-order valence-electron chi connectivity index (χ0n) is 7.42. The van der Waals surface area contributed by atoms with Crippen LogP contribution in [0.3, 0.4) is 0 Å². The molecule has 0 N–H and O–H groups in total. The van der Waals surface area contributed by atoms with Gasteiger partial charge in [0.2, 0.25) is 0 Å². The van der Waals surface area contributed by atoms with Gasteiger partial charge in [-0.3, -0.25) is 0 Å². The van der Waals surface area contributed by atoms with Crippen LogP contribution in [0, 0.1) is 0 Å². The summed E-state index contributed by atoms with van der Waals surface area (Å²) in [6.45, 7) is 0. The SMILES string of the molecule is COc1ccc(Cl)c2ccc(Cl)nc12. The van der Waals surface area contributed by atoms with Gasteiger partial charge in [-0.2, -0.15) is 0 Å². The lowest BCUT2D eigenvalue weighted by Gasteiger charge is -2.05. The van der Waals surface area contributed by atoms with Gasteiger partial charge in [-0.15, -0.1) is 0 Å². The fourth-order valence-corrected chi connectivity index (χ4v) is 1.66. The van der Waals surface area contributed by atoms with Crippen molar-refractivity contribution >= 4 is 34.1 Å². The number of benzene rings is 1. The van der Waals surface area contributed by atoms with Crippen LogP contribution in [0.1, 0.15) is 0 Å². The summed E-state index contributed by atoms with van der Waals surface area (Å²) in [5.74, 6) is 0.673. The Morgan fingerprint density at radius 3 is 2.64 bits per heavy atom. The molecule has 0 spiro atoms. The van der Waals surface area contributed by atoms with Gasteiger partial charge in [-0.25, -0.2) is 4.98 Å². The average Bonchev–Trinajstić information content (AvgIpc) is 2.18. The van der Waals surface area contributed by atoms with E-state index >= 15 is 0 Å². The molecule has 1 aromatic heterocycles. The molecule has 0 radical (unpaired) electrons. The molecular formula is C10H7Cl2NO. The second-order valence-corrected chi connectivity index (χ2v) is 3.57. The molecular weight excluding hydrogens is 221 g/mol. The minimum Gasteiger partial charge on any atom is -0.494 e. The smallest absolute Gasteiger partial charge is 0.145 e. The summed E-state index contributed by atoms with van der Waals surface area (Å²) >= 11 is 11.8. The lowest BCUT2D eigenvalue weighted by atomic mass is 10.2. The van der Waals surface area contributed by atoms with E-state index < -0.39 is 0 Å². The largest absolute Gasteiger partial charge is 0.494 e. The molecule has 0 saturated heterocycles. The van der Waals surface area contributed by atoms with Crippen molar-refractivity contribution in [3.63, 3.8) is 0 Å². The predicted octanol–water partition coefficient (Wildman–Crippen LogP) is 3.55. The van der Waals surface area contributed by atoms with E-state index in [0.29, 0.717) is 21.4 Å². The predicted molar refractivity (Wildman–Crippen MR) is 58.3 cm³/mol. The van der Waals surface area contributed by atoms with Gasteiger partial charge in [0.1, 0.15) is 16.4 Å². The maximum Gasteiger partial charge on any atom is 0.145 e. The summed E-state index contributed by atoms with van der Waals surface area (Å²) in [4.78, 5) is 4.16. The van der Waals surface area contributed by atoms with Crippen molar-refractivity contribution in [3.05, 3.63) is 34.4 Å². The number of rotatable bonds is 1. The molecule has 0 saturated carbocycles. The molecule has 0 aliphatic heterocycles. The molecule has 0 atom stereocenters. The molecule has 0 amide bonds. The molecule has 0 unspecified atom stereocenters. The van der Waals surface area contributed by atoms with Crippen molar-refractivity contribution < 1.29 is 4.74 Å². The molecule has 0 fully saturated rings. The van der Waals surface area contributed by atoms with Gasteiger partial charge in [-0.05, 0) is 24.3 Å². The van der Waals surface area contributed by atoms with Crippen LogP contribution in [0.2, 0.25) is 10.2 Å². The summed E-state index contributed by atoms with van der Waals surface area (Å²) in [7, 11) is 1.59. The fourth-order valence-electron chi connectivity index (χ4n) is 1.30. The highest BCUT2D eigenvalue weighted by atomic mass is 35.5. The van der Waals surface area contributed by atoms with Crippen molar-refractivity contribution in [3.8, 4) is 5.75 Å². The first kappa shape index (κ1) is 9.56. The minimum absolute atomic E-state index is 0.429. The number of aromatic nitrogens is 1. The van der Waals surface area contributed by atoms with Crippen molar-refractivity contribution in [2.45, 2.75) is 0 Å². The number of hydrogen-bond acceptors (Lipinski definition) is 2. The number of pyridine rings is 1. The molecule has 1 heterocycles. The first-order valence-corrected chi connectivity index (χ1v) is 4.76. The summed E-state index contributed by atoms with van der Waals surface area (Å²) in [6.07, 6.45) is 0. The van der Waals surface area contributed by atoms with Gasteiger partial charge in [0.05, 0.1) is 12.1 Å². The fraction of sp³-hybridized carbons (Fsp3) is 0.100. The van der Waals surface area contributed by atoms with Gasteiger partial charge in [0.15, 0.2) is 0 Å². The van der Waals surface area contributed by atoms with Gasteiger partial charge < -0.3 is 4.74 Å². The van der Waals surface area contributed by atoms with E-state index in [9.17, 15) is 0 Å². The van der Waals surface area contributed by atoms with Crippen LogP contribution in [0.4, 0.5) is 0 Å². The number of fused-ring (bicyclic) bond motifs is 1. The van der Waals surface area contributed by atoms with E-state index in [-0.39, 0.29) is 0 Å². The molecule has 14 heavy (non-hydrogen) atoms. The van der Waals surface area contributed by atoms with Crippen LogP contribution in [0.15, 0.2) is 24.3 Å². The molecule has 0 aliphatic rings. The lowest BCUT2D eigenvalue weighted by molar-refractivity contribution is 0.419. The van der Waals surface area contributed by atoms with E-state index in [1.807, 2.05) is 6.07 Å². The second-order valence-electron chi connectivity index (χ2n) is 2.78. The number of methoxy groups -OCH3 is 1. The van der Waals surface area contributed by atoms with E-state index in [4.69, 9.17) is 27.9 Å². The van der Waals surface area contributed by atoms with Crippen LogP contribution in [-0.4, -0.2) is 12.1 Å². The third-order valence-electron chi connectivity index (χ3n) is 1.95. The third-order valence-corrected chi connectivity index (χ3v) is 2.49. The Morgan fingerprint density at radius 1 is 1.14 bits per heavy atom. The lowest BCUT2D eigenvalue weighted by Crippen LogP contribution is -1.88. The number of nitrogens with zero attached hydrogens (tertiary/aromatic N) is 1. The Bertz CT molecular complexity index is 485. The van der Waals surface area contributed by atoms with Gasteiger partial charge in [0.25, 0.3) is 0 Å². The van der Waals surface area contributed by atoms with Gasteiger partial charge in [0, 0.05) is 5.39 Å². The first-order chi connectivity index (χ1) is 6.72. The highest BCUT2D eigenvalue weighted by Crippen LogP contribution is 2.30. The third kappa shape index (κ3) is 1.51. The molecule has 4 heteroatoms. The average molecular weight is 228 g/mol. The van der Waals surface area contributed by atoms with E-state index in [2.05, 4.69) is 4.98 Å². The first-order valence-electron chi connectivity index (χ1n) is 4.01.